The van der Waals surface area contributed by atoms with Crippen LogP contribution in [0.15, 0.2) is 42.5 Å². The number of nitrogens with zero attached hydrogens (tertiary/aromatic N) is 2. The molecule has 9 heteroatoms. The molecule has 3 aromatic rings. The van der Waals surface area contributed by atoms with Crippen LogP contribution >= 0.6 is 11.6 Å². The molecule has 1 aliphatic rings. The van der Waals surface area contributed by atoms with Gasteiger partial charge in [-0.2, -0.15) is 5.10 Å². The second-order valence-electron chi connectivity index (χ2n) is 6.15. The first kappa shape index (κ1) is 18.5. The fourth-order valence-electron chi connectivity index (χ4n) is 3.23. The zero-order valence-corrected chi connectivity index (χ0v) is 15.4. The van der Waals surface area contributed by atoms with Crippen molar-refractivity contribution in [2.45, 2.75) is 12.8 Å². The van der Waals surface area contributed by atoms with Crippen LogP contribution in [0, 0.1) is 0 Å². The molecule has 5 nitrogen and oxygen atoms in total. The number of methoxy groups -OCH3 is 1. The van der Waals surface area contributed by atoms with Crippen LogP contribution in [-0.2, 0) is 6.42 Å². The van der Waals surface area contributed by atoms with Crippen LogP contribution < -0.4 is 14.8 Å². The highest BCUT2D eigenvalue weighted by Gasteiger charge is 2.31. The van der Waals surface area contributed by atoms with E-state index in [0.29, 0.717) is 16.5 Å². The van der Waals surface area contributed by atoms with Gasteiger partial charge in [0, 0.05) is 22.7 Å². The first-order valence-electron chi connectivity index (χ1n) is 8.41. The van der Waals surface area contributed by atoms with Crippen molar-refractivity contribution in [3.63, 3.8) is 0 Å². The predicted molar refractivity (Wildman–Crippen MR) is 99.4 cm³/mol. The van der Waals surface area contributed by atoms with Crippen molar-refractivity contribution in [3.05, 3.63) is 53.1 Å². The van der Waals surface area contributed by atoms with E-state index >= 15 is 0 Å². The van der Waals surface area contributed by atoms with Gasteiger partial charge < -0.3 is 14.8 Å². The van der Waals surface area contributed by atoms with Gasteiger partial charge in [-0.3, -0.25) is 0 Å². The summed E-state index contributed by atoms with van der Waals surface area (Å²) < 4.78 is 48.1. The van der Waals surface area contributed by atoms with Gasteiger partial charge in [0.05, 0.1) is 12.8 Å². The van der Waals surface area contributed by atoms with Crippen molar-refractivity contribution in [2.75, 3.05) is 19.0 Å². The van der Waals surface area contributed by atoms with Gasteiger partial charge in [0.1, 0.15) is 23.0 Å². The van der Waals surface area contributed by atoms with Crippen molar-refractivity contribution < 1.29 is 22.6 Å². The van der Waals surface area contributed by atoms with Gasteiger partial charge in [-0.15, -0.1) is 13.2 Å². The number of halogens is 4. The van der Waals surface area contributed by atoms with Gasteiger partial charge in [-0.1, -0.05) is 11.6 Å². The van der Waals surface area contributed by atoms with E-state index < -0.39 is 6.36 Å². The van der Waals surface area contributed by atoms with Crippen LogP contribution in [0.2, 0.25) is 5.02 Å². The van der Waals surface area contributed by atoms with Crippen molar-refractivity contribution >= 4 is 17.4 Å². The molecule has 0 atom stereocenters. The molecule has 0 saturated heterocycles. The normalized spacial score (nSPS) is 13.2. The Balaban J connectivity index is 1.77. The summed E-state index contributed by atoms with van der Waals surface area (Å²) in [6.45, 7) is 0.734. The lowest BCUT2D eigenvalue weighted by molar-refractivity contribution is -0.274. The molecule has 0 radical (unpaired) electrons. The molecule has 0 bridgehead atoms. The Labute approximate surface area is 163 Å². The summed E-state index contributed by atoms with van der Waals surface area (Å²) in [7, 11) is 1.57. The quantitative estimate of drug-likeness (QED) is 0.653. The van der Waals surface area contributed by atoms with Crippen molar-refractivity contribution in [2.24, 2.45) is 0 Å². The Hall–Kier alpha value is -2.87. The monoisotopic (exact) mass is 409 g/mol. The molecule has 0 amide bonds. The average molecular weight is 410 g/mol. The highest BCUT2D eigenvalue weighted by molar-refractivity contribution is 6.31. The number of hydrogen-bond acceptors (Lipinski definition) is 4. The lowest BCUT2D eigenvalue weighted by atomic mass is 10.1. The molecule has 0 unspecified atom stereocenters. The lowest BCUT2D eigenvalue weighted by Gasteiger charge is -2.10. The number of hydrogen-bond donors (Lipinski definition) is 1. The van der Waals surface area contributed by atoms with Crippen LogP contribution in [0.1, 0.15) is 5.56 Å². The maximum Gasteiger partial charge on any atom is 0.573 e. The molecule has 1 aliphatic heterocycles. The number of aromatic nitrogens is 2. The van der Waals surface area contributed by atoms with Crippen LogP contribution in [0.3, 0.4) is 0 Å². The number of nitrogens with one attached hydrogen (secondary N) is 1. The number of fused-ring (bicyclic) bond motifs is 1. The number of rotatable bonds is 4. The van der Waals surface area contributed by atoms with E-state index in [1.54, 1.807) is 30.0 Å². The Bertz CT molecular complexity index is 1020. The third kappa shape index (κ3) is 3.47. The Morgan fingerprint density at radius 1 is 1.14 bits per heavy atom. The van der Waals surface area contributed by atoms with Gasteiger partial charge in [0.25, 0.3) is 0 Å². The van der Waals surface area contributed by atoms with E-state index in [0.717, 1.165) is 35.6 Å². The van der Waals surface area contributed by atoms with Gasteiger partial charge >= 0.3 is 6.36 Å². The number of anilines is 1. The third-order valence-electron chi connectivity index (χ3n) is 4.38. The number of ether oxygens (including phenoxy) is 2. The molecule has 1 aromatic heterocycles. The zero-order chi connectivity index (χ0) is 19.9. The average Bonchev–Trinajstić information content (AvgIpc) is 3.24. The molecule has 1 N–H and O–H groups in total. The van der Waals surface area contributed by atoms with E-state index in [1.807, 2.05) is 0 Å². The highest BCUT2D eigenvalue weighted by Crippen LogP contribution is 2.39. The van der Waals surface area contributed by atoms with E-state index in [9.17, 15) is 13.2 Å². The first-order valence-corrected chi connectivity index (χ1v) is 8.79. The third-order valence-corrected chi connectivity index (χ3v) is 4.62. The summed E-state index contributed by atoms with van der Waals surface area (Å²) in [5.41, 5.74) is 3.07. The molecule has 0 aliphatic carbocycles. The molecular weight excluding hydrogens is 395 g/mol. The van der Waals surface area contributed by atoms with Gasteiger partial charge in [-0.25, -0.2) is 4.68 Å². The zero-order valence-electron chi connectivity index (χ0n) is 14.7. The van der Waals surface area contributed by atoms with Gasteiger partial charge in [-0.05, 0) is 48.9 Å². The molecular formula is C19H15ClF3N3O2. The van der Waals surface area contributed by atoms with Crippen LogP contribution in [0.25, 0.3) is 16.9 Å². The summed E-state index contributed by atoms with van der Waals surface area (Å²) in [5.74, 6) is 1.14. The maximum absolute atomic E-state index is 12.4. The van der Waals surface area contributed by atoms with E-state index in [2.05, 4.69) is 15.2 Å². The van der Waals surface area contributed by atoms with Crippen molar-refractivity contribution in [1.82, 2.24) is 9.78 Å². The molecule has 28 heavy (non-hydrogen) atoms. The second-order valence-corrected chi connectivity index (χ2v) is 6.59. The van der Waals surface area contributed by atoms with Gasteiger partial charge in [0.2, 0.25) is 0 Å². The standard InChI is InChI=1S/C19H15ClF3N3O2/c1-27-16-7-2-11(20)10-15(16)17-14-8-9-24-18(14)26(25-17)12-3-5-13(6-4-12)28-19(21,22)23/h2-7,10,24H,8-9H2,1H3. The first-order chi connectivity index (χ1) is 13.4. The van der Waals surface area contributed by atoms with Crippen molar-refractivity contribution in [3.8, 4) is 28.4 Å². The fourth-order valence-corrected chi connectivity index (χ4v) is 3.40. The summed E-state index contributed by atoms with van der Waals surface area (Å²) in [4.78, 5) is 0. The minimum atomic E-state index is -4.73. The molecule has 0 fully saturated rings. The van der Waals surface area contributed by atoms with E-state index in [4.69, 9.17) is 16.3 Å². The summed E-state index contributed by atoms with van der Waals surface area (Å²) >= 11 is 6.16. The largest absolute Gasteiger partial charge is 0.573 e. The topological polar surface area (TPSA) is 48.3 Å². The van der Waals surface area contributed by atoms with Crippen LogP contribution in [-0.4, -0.2) is 29.8 Å². The Morgan fingerprint density at radius 2 is 1.89 bits per heavy atom. The summed E-state index contributed by atoms with van der Waals surface area (Å²) in [6.07, 6.45) is -3.97. The molecule has 2 aromatic carbocycles. The summed E-state index contributed by atoms with van der Waals surface area (Å²) in [6, 6.07) is 10.8. The van der Waals surface area contributed by atoms with E-state index in [1.165, 1.54) is 24.3 Å². The minimum Gasteiger partial charge on any atom is -0.496 e. The fraction of sp³-hybridized carbons (Fsp3) is 0.211. The molecule has 4 rings (SSSR count). The smallest absolute Gasteiger partial charge is 0.496 e. The minimum absolute atomic E-state index is 0.287. The van der Waals surface area contributed by atoms with Crippen LogP contribution in [0.4, 0.5) is 19.0 Å². The predicted octanol–water partition coefficient (Wildman–Crippen LogP) is 5.07. The van der Waals surface area contributed by atoms with Crippen LogP contribution in [0.5, 0.6) is 11.5 Å². The second kappa shape index (κ2) is 6.94. The van der Waals surface area contributed by atoms with E-state index in [-0.39, 0.29) is 5.75 Å². The number of alkyl halides is 3. The lowest BCUT2D eigenvalue weighted by Crippen LogP contribution is -2.17. The number of benzene rings is 2. The molecule has 0 spiro atoms. The van der Waals surface area contributed by atoms with Crippen molar-refractivity contribution in [1.29, 1.82) is 0 Å². The van der Waals surface area contributed by atoms with Gasteiger partial charge in [0.15, 0.2) is 0 Å². The Morgan fingerprint density at radius 3 is 2.57 bits per heavy atom. The highest BCUT2D eigenvalue weighted by atomic mass is 35.5. The Kier molecular flexibility index (Phi) is 4.58. The SMILES string of the molecule is COc1ccc(Cl)cc1-c1nn(-c2ccc(OC(F)(F)F)cc2)c2c1CCN2. The molecule has 146 valence electrons. The summed E-state index contributed by atoms with van der Waals surface area (Å²) in [5, 5.41) is 8.51. The molecule has 0 saturated carbocycles. The molecule has 2 heterocycles. The maximum atomic E-state index is 12.4.